The summed E-state index contributed by atoms with van der Waals surface area (Å²) in [6.07, 6.45) is 4.72. The Bertz CT molecular complexity index is 671. The van der Waals surface area contributed by atoms with E-state index in [0.29, 0.717) is 11.6 Å². The normalized spacial score (nSPS) is 15.8. The number of fused-ring (bicyclic) bond motifs is 1. The molecule has 0 unspecified atom stereocenters. The van der Waals surface area contributed by atoms with Crippen LogP contribution >= 0.6 is 11.6 Å². The van der Waals surface area contributed by atoms with Crippen molar-refractivity contribution in [1.29, 1.82) is 0 Å². The summed E-state index contributed by atoms with van der Waals surface area (Å²) in [4.78, 5) is 21.5. The van der Waals surface area contributed by atoms with E-state index in [9.17, 15) is 4.79 Å². The van der Waals surface area contributed by atoms with Crippen molar-refractivity contribution in [2.75, 3.05) is 21.1 Å². The predicted octanol–water partition coefficient (Wildman–Crippen LogP) is 3.22. The van der Waals surface area contributed by atoms with Crippen molar-refractivity contribution in [3.05, 3.63) is 23.2 Å². The van der Waals surface area contributed by atoms with Crippen molar-refractivity contribution < 1.29 is 4.79 Å². The van der Waals surface area contributed by atoms with Crippen LogP contribution in [0.3, 0.4) is 0 Å². The number of aromatic nitrogens is 3. The van der Waals surface area contributed by atoms with Crippen molar-refractivity contribution in [1.82, 2.24) is 19.4 Å². The fourth-order valence-electron chi connectivity index (χ4n) is 2.73. The molecule has 0 aromatic carbocycles. The van der Waals surface area contributed by atoms with Gasteiger partial charge in [0, 0.05) is 17.1 Å². The van der Waals surface area contributed by atoms with Gasteiger partial charge in [-0.25, -0.2) is 4.98 Å². The maximum absolute atomic E-state index is 11.3. The van der Waals surface area contributed by atoms with Crippen LogP contribution < -0.4 is 0 Å². The molecule has 5 nitrogen and oxygen atoms in total. The van der Waals surface area contributed by atoms with Crippen LogP contribution in [0, 0.1) is 5.92 Å². The van der Waals surface area contributed by atoms with E-state index in [0.717, 1.165) is 30.2 Å². The average Bonchev–Trinajstić information content (AvgIpc) is 3.14. The Balaban J connectivity index is 0.000000396. The number of aldehydes is 1. The molecule has 22 heavy (non-hydrogen) atoms. The summed E-state index contributed by atoms with van der Waals surface area (Å²) in [7, 11) is 6.00. The van der Waals surface area contributed by atoms with E-state index in [4.69, 9.17) is 11.6 Å². The third-order valence-corrected chi connectivity index (χ3v) is 4.13. The van der Waals surface area contributed by atoms with E-state index in [-0.39, 0.29) is 10.8 Å². The molecule has 2 heterocycles. The van der Waals surface area contributed by atoms with E-state index in [1.807, 2.05) is 36.7 Å². The van der Waals surface area contributed by atoms with Gasteiger partial charge in [-0.05, 0) is 57.6 Å². The van der Waals surface area contributed by atoms with Crippen molar-refractivity contribution in [3.8, 4) is 0 Å². The largest absolute Gasteiger partial charge is 0.316 e. The molecule has 0 bridgehead atoms. The standard InChI is InChI=1S/C13H14ClN3O.C3H9N/c1-8(2)13(3-4-13)17-10(7-18)5-9-6-15-12(14)16-11(9)17;1-4(2)3/h5-8H,3-4H2,1-2H3;1-3H3. The van der Waals surface area contributed by atoms with Crippen molar-refractivity contribution >= 4 is 28.9 Å². The molecular formula is C16H23ClN4O. The van der Waals surface area contributed by atoms with Gasteiger partial charge in [-0.2, -0.15) is 4.98 Å². The molecule has 0 spiro atoms. The Morgan fingerprint density at radius 1 is 1.36 bits per heavy atom. The van der Waals surface area contributed by atoms with Gasteiger partial charge in [-0.1, -0.05) is 13.8 Å². The molecular weight excluding hydrogens is 300 g/mol. The highest BCUT2D eigenvalue weighted by Gasteiger charge is 2.49. The topological polar surface area (TPSA) is 51.0 Å². The molecule has 1 fully saturated rings. The van der Waals surface area contributed by atoms with Crippen LogP contribution in [0.1, 0.15) is 37.2 Å². The third kappa shape index (κ3) is 3.15. The van der Waals surface area contributed by atoms with E-state index >= 15 is 0 Å². The lowest BCUT2D eigenvalue weighted by Crippen LogP contribution is -2.25. The number of hydrogen-bond acceptors (Lipinski definition) is 4. The zero-order valence-corrected chi connectivity index (χ0v) is 14.6. The van der Waals surface area contributed by atoms with Gasteiger partial charge in [-0.3, -0.25) is 4.79 Å². The second kappa shape index (κ2) is 6.34. The first-order valence-electron chi connectivity index (χ1n) is 7.42. The molecule has 0 N–H and O–H groups in total. The van der Waals surface area contributed by atoms with Crippen LogP contribution in [-0.4, -0.2) is 46.9 Å². The monoisotopic (exact) mass is 322 g/mol. The maximum Gasteiger partial charge on any atom is 0.224 e. The van der Waals surface area contributed by atoms with E-state index < -0.39 is 0 Å². The summed E-state index contributed by atoms with van der Waals surface area (Å²) in [6, 6.07) is 1.83. The van der Waals surface area contributed by atoms with Crippen LogP contribution in [-0.2, 0) is 5.54 Å². The molecule has 1 saturated carbocycles. The summed E-state index contributed by atoms with van der Waals surface area (Å²) >= 11 is 5.87. The van der Waals surface area contributed by atoms with Crippen LogP contribution in [0.2, 0.25) is 5.28 Å². The summed E-state index contributed by atoms with van der Waals surface area (Å²) in [5, 5.41) is 1.09. The highest BCUT2D eigenvalue weighted by atomic mass is 35.5. The molecule has 120 valence electrons. The Morgan fingerprint density at radius 2 is 1.95 bits per heavy atom. The minimum Gasteiger partial charge on any atom is -0.316 e. The number of rotatable bonds is 3. The highest BCUT2D eigenvalue weighted by Crippen LogP contribution is 2.51. The van der Waals surface area contributed by atoms with E-state index in [1.165, 1.54) is 0 Å². The van der Waals surface area contributed by atoms with Gasteiger partial charge in [0.05, 0.1) is 5.69 Å². The van der Waals surface area contributed by atoms with Gasteiger partial charge in [0.15, 0.2) is 6.29 Å². The molecule has 2 aromatic rings. The van der Waals surface area contributed by atoms with Gasteiger partial charge in [0.1, 0.15) is 5.65 Å². The molecule has 0 radical (unpaired) electrons. The first kappa shape index (κ1) is 16.9. The summed E-state index contributed by atoms with van der Waals surface area (Å²) in [5.41, 5.74) is 1.45. The number of halogens is 1. The number of carbonyl (C=O) groups is 1. The molecule has 0 amide bonds. The van der Waals surface area contributed by atoms with E-state index in [2.05, 4.69) is 23.8 Å². The Labute approximate surface area is 136 Å². The molecule has 6 heteroatoms. The lowest BCUT2D eigenvalue weighted by atomic mass is 10.0. The lowest BCUT2D eigenvalue weighted by molar-refractivity contribution is 0.111. The quantitative estimate of drug-likeness (QED) is 0.643. The van der Waals surface area contributed by atoms with Crippen LogP contribution in [0.25, 0.3) is 11.0 Å². The molecule has 0 aliphatic heterocycles. The second-order valence-electron chi connectivity index (χ2n) is 6.54. The Morgan fingerprint density at radius 3 is 2.41 bits per heavy atom. The molecule has 3 rings (SSSR count). The van der Waals surface area contributed by atoms with Gasteiger partial charge < -0.3 is 9.47 Å². The van der Waals surface area contributed by atoms with Crippen molar-refractivity contribution in [2.24, 2.45) is 5.92 Å². The summed E-state index contributed by atoms with van der Waals surface area (Å²) in [5.74, 6) is 0.459. The van der Waals surface area contributed by atoms with Crippen LogP contribution in [0.15, 0.2) is 12.3 Å². The Hall–Kier alpha value is -1.46. The molecule has 0 atom stereocenters. The van der Waals surface area contributed by atoms with Gasteiger partial charge in [-0.15, -0.1) is 0 Å². The molecule has 1 aliphatic rings. The summed E-state index contributed by atoms with van der Waals surface area (Å²) in [6.45, 7) is 4.35. The van der Waals surface area contributed by atoms with Gasteiger partial charge in [0.25, 0.3) is 0 Å². The minimum absolute atomic E-state index is 0.0235. The van der Waals surface area contributed by atoms with Crippen LogP contribution in [0.5, 0.6) is 0 Å². The highest BCUT2D eigenvalue weighted by molar-refractivity contribution is 6.28. The SMILES string of the molecule is CC(C)C1(n2c(C=O)cc3cnc(Cl)nc32)CC1.CN(C)C. The van der Waals surface area contributed by atoms with Crippen molar-refractivity contribution in [2.45, 2.75) is 32.2 Å². The molecule has 0 saturated heterocycles. The number of nitrogens with zero attached hydrogens (tertiary/aromatic N) is 4. The van der Waals surface area contributed by atoms with Gasteiger partial charge >= 0.3 is 0 Å². The van der Waals surface area contributed by atoms with Crippen LogP contribution in [0.4, 0.5) is 0 Å². The Kier molecular flexibility index (Phi) is 4.87. The number of hydrogen-bond donors (Lipinski definition) is 0. The smallest absolute Gasteiger partial charge is 0.224 e. The molecule has 1 aliphatic carbocycles. The zero-order valence-electron chi connectivity index (χ0n) is 13.8. The number of carbonyl (C=O) groups excluding carboxylic acids is 1. The second-order valence-corrected chi connectivity index (χ2v) is 6.88. The fourth-order valence-corrected chi connectivity index (χ4v) is 2.86. The van der Waals surface area contributed by atoms with E-state index in [1.54, 1.807) is 6.20 Å². The van der Waals surface area contributed by atoms with Crippen molar-refractivity contribution in [3.63, 3.8) is 0 Å². The first-order chi connectivity index (χ1) is 10.3. The fraction of sp³-hybridized carbons (Fsp3) is 0.562. The first-order valence-corrected chi connectivity index (χ1v) is 7.80. The summed E-state index contributed by atoms with van der Waals surface area (Å²) < 4.78 is 2.05. The average molecular weight is 323 g/mol. The zero-order chi connectivity index (χ0) is 16.5. The third-order valence-electron chi connectivity index (χ3n) is 3.94. The predicted molar refractivity (Wildman–Crippen MR) is 89.6 cm³/mol. The molecule has 2 aromatic heterocycles. The lowest BCUT2D eigenvalue weighted by Gasteiger charge is -2.24. The maximum atomic E-state index is 11.3. The van der Waals surface area contributed by atoms with Gasteiger partial charge in [0.2, 0.25) is 5.28 Å². The minimum atomic E-state index is 0.0235.